The third kappa shape index (κ3) is 4.21. The minimum Gasteiger partial charge on any atom is -0.375 e. The average molecular weight is 328 g/mol. The number of aromatic nitrogens is 2. The minimum atomic E-state index is -0.0741. The van der Waals surface area contributed by atoms with Gasteiger partial charge in [0, 0.05) is 19.6 Å². The second kappa shape index (κ2) is 7.59. The smallest absolute Gasteiger partial charge is 0.227 e. The molecule has 1 aliphatic rings. The lowest BCUT2D eigenvalue weighted by molar-refractivity contribution is -0.121. The molecule has 1 unspecified atom stereocenters. The van der Waals surface area contributed by atoms with Crippen molar-refractivity contribution in [2.45, 2.75) is 32.9 Å². The highest BCUT2D eigenvalue weighted by Crippen LogP contribution is 2.18. The Balaban J connectivity index is 1.52. The molecule has 0 bridgehead atoms. The van der Waals surface area contributed by atoms with Gasteiger partial charge in [0.25, 0.3) is 0 Å². The predicted molar refractivity (Wildman–Crippen MR) is 92.8 cm³/mol. The first-order chi connectivity index (χ1) is 11.6. The Morgan fingerprint density at radius 2 is 2.17 bits per heavy atom. The van der Waals surface area contributed by atoms with E-state index in [1.807, 2.05) is 19.9 Å². The standard InChI is InChI=1S/C18H24N4O2/c1-13-18(14(2)21-20-13)19-17(23)10-16-12-22(8-9-24-16)11-15-6-4-3-5-7-15/h3-7,16H,8-12H2,1-2H3,(H,19,23)(H,20,21). The molecule has 2 aromatic rings. The lowest BCUT2D eigenvalue weighted by atomic mass is 10.1. The summed E-state index contributed by atoms with van der Waals surface area (Å²) in [6.45, 7) is 6.99. The molecule has 6 nitrogen and oxygen atoms in total. The van der Waals surface area contributed by atoms with E-state index in [-0.39, 0.29) is 12.0 Å². The predicted octanol–water partition coefficient (Wildman–Crippen LogP) is 2.26. The average Bonchev–Trinajstić information content (AvgIpc) is 2.88. The second-order valence-corrected chi connectivity index (χ2v) is 6.27. The Hall–Kier alpha value is -2.18. The van der Waals surface area contributed by atoms with Crippen molar-refractivity contribution >= 4 is 11.6 Å². The largest absolute Gasteiger partial charge is 0.375 e. The highest BCUT2D eigenvalue weighted by Gasteiger charge is 2.23. The molecule has 128 valence electrons. The number of amides is 1. The molecule has 0 radical (unpaired) electrons. The van der Waals surface area contributed by atoms with Crippen LogP contribution in [0.4, 0.5) is 5.69 Å². The highest BCUT2D eigenvalue weighted by atomic mass is 16.5. The van der Waals surface area contributed by atoms with Crippen LogP contribution in [-0.2, 0) is 16.1 Å². The van der Waals surface area contributed by atoms with Gasteiger partial charge in [-0.1, -0.05) is 30.3 Å². The van der Waals surface area contributed by atoms with E-state index in [1.54, 1.807) is 0 Å². The zero-order valence-corrected chi connectivity index (χ0v) is 14.2. The second-order valence-electron chi connectivity index (χ2n) is 6.27. The van der Waals surface area contributed by atoms with Crippen molar-refractivity contribution < 1.29 is 9.53 Å². The van der Waals surface area contributed by atoms with Gasteiger partial charge in [0.1, 0.15) is 0 Å². The van der Waals surface area contributed by atoms with Gasteiger partial charge in [-0.05, 0) is 19.4 Å². The number of rotatable bonds is 5. The number of nitrogens with one attached hydrogen (secondary N) is 2. The third-order valence-electron chi connectivity index (χ3n) is 4.28. The van der Waals surface area contributed by atoms with Gasteiger partial charge in [-0.15, -0.1) is 0 Å². The molecular formula is C18H24N4O2. The summed E-state index contributed by atoms with van der Waals surface area (Å²) in [5.74, 6) is -0.0332. The van der Waals surface area contributed by atoms with Gasteiger partial charge in [0.2, 0.25) is 5.91 Å². The van der Waals surface area contributed by atoms with E-state index in [2.05, 4.69) is 44.7 Å². The lowest BCUT2D eigenvalue weighted by Crippen LogP contribution is -2.43. The third-order valence-corrected chi connectivity index (χ3v) is 4.28. The van der Waals surface area contributed by atoms with Gasteiger partial charge in [-0.3, -0.25) is 14.8 Å². The number of aromatic amines is 1. The summed E-state index contributed by atoms with van der Waals surface area (Å²) in [5, 5.41) is 9.91. The number of hydrogen-bond donors (Lipinski definition) is 2. The van der Waals surface area contributed by atoms with Crippen LogP contribution in [0.25, 0.3) is 0 Å². The summed E-state index contributed by atoms with van der Waals surface area (Å²) in [7, 11) is 0. The summed E-state index contributed by atoms with van der Waals surface area (Å²) in [6, 6.07) is 10.4. The molecule has 0 spiro atoms. The summed E-state index contributed by atoms with van der Waals surface area (Å²) in [5.41, 5.74) is 3.73. The number of benzene rings is 1. The van der Waals surface area contributed by atoms with Gasteiger partial charge in [0.05, 0.1) is 36.2 Å². The summed E-state index contributed by atoms with van der Waals surface area (Å²) >= 11 is 0. The van der Waals surface area contributed by atoms with E-state index in [0.717, 1.165) is 36.7 Å². The number of nitrogens with zero attached hydrogens (tertiary/aromatic N) is 2. The normalized spacial score (nSPS) is 18.5. The number of aryl methyl sites for hydroxylation is 2. The fourth-order valence-corrected chi connectivity index (χ4v) is 3.02. The molecule has 3 rings (SSSR count). The molecule has 2 heterocycles. The first-order valence-corrected chi connectivity index (χ1v) is 8.31. The Bertz CT molecular complexity index is 664. The number of ether oxygens (including phenoxy) is 1. The van der Waals surface area contributed by atoms with Crippen molar-refractivity contribution in [1.82, 2.24) is 15.1 Å². The van der Waals surface area contributed by atoms with E-state index in [1.165, 1.54) is 5.56 Å². The Labute approximate surface area is 142 Å². The van der Waals surface area contributed by atoms with E-state index < -0.39 is 0 Å². The molecule has 1 saturated heterocycles. The van der Waals surface area contributed by atoms with Crippen LogP contribution in [0.3, 0.4) is 0 Å². The van der Waals surface area contributed by atoms with Gasteiger partial charge in [-0.25, -0.2) is 0 Å². The highest BCUT2D eigenvalue weighted by molar-refractivity contribution is 5.92. The summed E-state index contributed by atoms with van der Waals surface area (Å²) in [6.07, 6.45) is 0.282. The SMILES string of the molecule is Cc1n[nH]c(C)c1NC(=O)CC1CN(Cc2ccccc2)CCO1. The molecule has 1 fully saturated rings. The maximum Gasteiger partial charge on any atom is 0.227 e. The van der Waals surface area contributed by atoms with E-state index >= 15 is 0 Å². The molecule has 1 aromatic carbocycles. The monoisotopic (exact) mass is 328 g/mol. The number of H-pyrrole nitrogens is 1. The molecule has 1 aromatic heterocycles. The first kappa shape index (κ1) is 16.7. The molecule has 6 heteroatoms. The maximum atomic E-state index is 12.3. The number of carbonyl (C=O) groups is 1. The van der Waals surface area contributed by atoms with E-state index in [9.17, 15) is 4.79 Å². The van der Waals surface area contributed by atoms with Crippen LogP contribution in [0.1, 0.15) is 23.4 Å². The van der Waals surface area contributed by atoms with E-state index in [0.29, 0.717) is 13.0 Å². The van der Waals surface area contributed by atoms with Gasteiger partial charge < -0.3 is 10.1 Å². The van der Waals surface area contributed by atoms with Crippen LogP contribution >= 0.6 is 0 Å². The summed E-state index contributed by atoms with van der Waals surface area (Å²) in [4.78, 5) is 14.6. The van der Waals surface area contributed by atoms with Crippen molar-refractivity contribution in [3.63, 3.8) is 0 Å². The topological polar surface area (TPSA) is 70.2 Å². The quantitative estimate of drug-likeness (QED) is 0.883. The molecule has 0 aliphatic carbocycles. The van der Waals surface area contributed by atoms with Crippen molar-refractivity contribution in [2.75, 3.05) is 25.0 Å². The number of morpholine rings is 1. The van der Waals surface area contributed by atoms with Crippen molar-refractivity contribution in [3.8, 4) is 0 Å². The Morgan fingerprint density at radius 1 is 1.38 bits per heavy atom. The number of hydrogen-bond acceptors (Lipinski definition) is 4. The van der Waals surface area contributed by atoms with E-state index in [4.69, 9.17) is 4.74 Å². The van der Waals surface area contributed by atoms with Crippen molar-refractivity contribution in [3.05, 3.63) is 47.3 Å². The first-order valence-electron chi connectivity index (χ1n) is 8.31. The van der Waals surface area contributed by atoms with Crippen LogP contribution in [0, 0.1) is 13.8 Å². The van der Waals surface area contributed by atoms with Crippen molar-refractivity contribution in [2.24, 2.45) is 0 Å². The van der Waals surface area contributed by atoms with Crippen LogP contribution in [0.2, 0.25) is 0 Å². The van der Waals surface area contributed by atoms with Gasteiger partial charge in [0.15, 0.2) is 0 Å². The van der Waals surface area contributed by atoms with Crippen LogP contribution < -0.4 is 5.32 Å². The zero-order chi connectivity index (χ0) is 16.9. The molecule has 1 atom stereocenters. The van der Waals surface area contributed by atoms with Crippen molar-refractivity contribution in [1.29, 1.82) is 0 Å². The fraction of sp³-hybridized carbons (Fsp3) is 0.444. The Morgan fingerprint density at radius 3 is 2.88 bits per heavy atom. The lowest BCUT2D eigenvalue weighted by Gasteiger charge is -2.32. The molecule has 2 N–H and O–H groups in total. The summed E-state index contributed by atoms with van der Waals surface area (Å²) < 4.78 is 5.77. The van der Waals surface area contributed by atoms with Gasteiger partial charge >= 0.3 is 0 Å². The molecule has 1 aliphatic heterocycles. The molecule has 24 heavy (non-hydrogen) atoms. The number of anilines is 1. The zero-order valence-electron chi connectivity index (χ0n) is 14.2. The molecule has 0 saturated carbocycles. The molecular weight excluding hydrogens is 304 g/mol. The minimum absolute atomic E-state index is 0.0332. The molecule has 1 amide bonds. The Kier molecular flexibility index (Phi) is 5.27. The fourth-order valence-electron chi connectivity index (χ4n) is 3.02. The number of carbonyl (C=O) groups excluding carboxylic acids is 1. The van der Waals surface area contributed by atoms with Crippen LogP contribution in [-0.4, -0.2) is 46.8 Å². The van der Waals surface area contributed by atoms with Gasteiger partial charge in [-0.2, -0.15) is 5.10 Å². The van der Waals surface area contributed by atoms with Crippen LogP contribution in [0.5, 0.6) is 0 Å². The maximum absolute atomic E-state index is 12.3. The van der Waals surface area contributed by atoms with Crippen LogP contribution in [0.15, 0.2) is 30.3 Å².